The van der Waals surface area contributed by atoms with Crippen LogP contribution in [0.1, 0.15) is 43.6 Å². The molecule has 0 unspecified atom stereocenters. The second-order valence-electron chi connectivity index (χ2n) is 6.87. The third kappa shape index (κ3) is 6.24. The maximum absolute atomic E-state index is 11.9. The van der Waals surface area contributed by atoms with Crippen molar-refractivity contribution in [3.8, 4) is 11.5 Å². The largest absolute Gasteiger partial charge is 0.485 e. The van der Waals surface area contributed by atoms with Gasteiger partial charge in [-0.05, 0) is 51.5 Å². The lowest BCUT2D eigenvalue weighted by Crippen LogP contribution is -2.27. The molecule has 2 rings (SSSR count). The molecule has 5 heteroatoms. The zero-order valence-corrected chi connectivity index (χ0v) is 15.6. The molecule has 0 saturated heterocycles. The number of benzene rings is 2. The van der Waals surface area contributed by atoms with E-state index in [-0.39, 0.29) is 12.4 Å². The zero-order chi connectivity index (χ0) is 19.2. The van der Waals surface area contributed by atoms with Crippen LogP contribution in [0.3, 0.4) is 0 Å². The van der Waals surface area contributed by atoms with Gasteiger partial charge in [0.2, 0.25) is 0 Å². The van der Waals surface area contributed by atoms with Crippen molar-refractivity contribution in [3.05, 3.63) is 59.7 Å². The van der Waals surface area contributed by atoms with Gasteiger partial charge < -0.3 is 14.2 Å². The van der Waals surface area contributed by atoms with E-state index < -0.39 is 11.6 Å². The summed E-state index contributed by atoms with van der Waals surface area (Å²) in [6.07, 6.45) is 0. The third-order valence-electron chi connectivity index (χ3n) is 3.35. The first-order valence-corrected chi connectivity index (χ1v) is 8.41. The summed E-state index contributed by atoms with van der Waals surface area (Å²) < 4.78 is 16.6. The first-order valence-electron chi connectivity index (χ1n) is 8.41. The summed E-state index contributed by atoms with van der Waals surface area (Å²) in [7, 11) is 0. The number of Topliss-reactive ketones (excluding diaryl/α,β-unsaturated/α-hetero) is 1. The van der Waals surface area contributed by atoms with E-state index in [0.29, 0.717) is 23.7 Å². The van der Waals surface area contributed by atoms with Crippen molar-refractivity contribution in [2.45, 2.75) is 39.9 Å². The highest BCUT2D eigenvalue weighted by atomic mass is 16.6. The molecule has 138 valence electrons. The molecular weight excluding hydrogens is 332 g/mol. The van der Waals surface area contributed by atoms with E-state index in [9.17, 15) is 9.59 Å². The molecule has 0 radical (unpaired) electrons. The molecule has 0 fully saturated rings. The van der Waals surface area contributed by atoms with Crippen LogP contribution in [-0.4, -0.2) is 24.0 Å². The summed E-state index contributed by atoms with van der Waals surface area (Å²) >= 11 is 0. The van der Waals surface area contributed by atoms with E-state index in [0.717, 1.165) is 5.56 Å². The summed E-state index contributed by atoms with van der Waals surface area (Å²) in [6.45, 7) is 6.92. The number of hydrogen-bond acceptors (Lipinski definition) is 5. The van der Waals surface area contributed by atoms with Gasteiger partial charge in [0.15, 0.2) is 23.9 Å². The van der Waals surface area contributed by atoms with Crippen LogP contribution in [0.5, 0.6) is 11.5 Å². The Kier molecular flexibility index (Phi) is 6.39. The van der Waals surface area contributed by atoms with Crippen LogP contribution >= 0.6 is 0 Å². The summed E-state index contributed by atoms with van der Waals surface area (Å²) in [4.78, 5) is 23.5. The number of carbonyl (C=O) groups excluding carboxylic acids is 2. The molecule has 0 N–H and O–H groups in total. The Morgan fingerprint density at radius 1 is 0.923 bits per heavy atom. The third-order valence-corrected chi connectivity index (χ3v) is 3.35. The molecule has 0 aliphatic heterocycles. The normalized spacial score (nSPS) is 10.9. The number of ether oxygens (including phenoxy) is 3. The summed E-state index contributed by atoms with van der Waals surface area (Å²) in [5, 5.41) is 0. The average Bonchev–Trinajstić information content (AvgIpc) is 2.57. The smallest absolute Gasteiger partial charge is 0.344 e. The van der Waals surface area contributed by atoms with Gasteiger partial charge in [-0.25, -0.2) is 4.79 Å². The minimum atomic E-state index is -0.589. The number of esters is 1. The van der Waals surface area contributed by atoms with Crippen LogP contribution in [0, 0.1) is 0 Å². The molecule has 0 aliphatic rings. The van der Waals surface area contributed by atoms with Crippen molar-refractivity contribution >= 4 is 11.8 Å². The van der Waals surface area contributed by atoms with E-state index in [1.807, 2.05) is 30.3 Å². The summed E-state index contributed by atoms with van der Waals surface area (Å²) in [5.74, 6) is 0.211. The molecule has 0 amide bonds. The first-order chi connectivity index (χ1) is 12.2. The van der Waals surface area contributed by atoms with Crippen LogP contribution in [0.15, 0.2) is 48.5 Å². The quantitative estimate of drug-likeness (QED) is 0.550. The lowest BCUT2D eigenvalue weighted by molar-refractivity contribution is -0.157. The molecule has 0 bridgehead atoms. The number of carbonyl (C=O) groups is 2. The fourth-order valence-corrected chi connectivity index (χ4v) is 2.20. The summed E-state index contributed by atoms with van der Waals surface area (Å²) in [6, 6.07) is 14.6. The average molecular weight is 356 g/mol. The minimum absolute atomic E-state index is 0.0956. The minimum Gasteiger partial charge on any atom is -0.485 e. The van der Waals surface area contributed by atoms with Crippen LogP contribution in [0.25, 0.3) is 0 Å². The van der Waals surface area contributed by atoms with E-state index in [1.165, 1.54) is 6.92 Å². The van der Waals surface area contributed by atoms with Crippen LogP contribution in [-0.2, 0) is 16.1 Å². The lowest BCUT2D eigenvalue weighted by atomic mass is 10.1. The summed E-state index contributed by atoms with van der Waals surface area (Å²) in [5.41, 5.74) is 0.895. The van der Waals surface area contributed by atoms with Crippen molar-refractivity contribution in [1.82, 2.24) is 0 Å². The molecule has 0 heterocycles. The highest BCUT2D eigenvalue weighted by molar-refractivity contribution is 5.94. The van der Waals surface area contributed by atoms with Gasteiger partial charge in [-0.15, -0.1) is 0 Å². The predicted octanol–water partition coefficient (Wildman–Crippen LogP) is 4.19. The highest BCUT2D eigenvalue weighted by Gasteiger charge is 2.18. The van der Waals surface area contributed by atoms with Crippen molar-refractivity contribution < 1.29 is 23.8 Å². The van der Waals surface area contributed by atoms with Crippen molar-refractivity contribution in [1.29, 1.82) is 0 Å². The fourth-order valence-electron chi connectivity index (χ4n) is 2.20. The predicted molar refractivity (Wildman–Crippen MR) is 98.6 cm³/mol. The number of rotatable bonds is 7. The Morgan fingerprint density at radius 3 is 2.23 bits per heavy atom. The van der Waals surface area contributed by atoms with E-state index in [1.54, 1.807) is 39.0 Å². The van der Waals surface area contributed by atoms with Crippen molar-refractivity contribution in [2.24, 2.45) is 0 Å². The van der Waals surface area contributed by atoms with Gasteiger partial charge in [0, 0.05) is 5.56 Å². The zero-order valence-electron chi connectivity index (χ0n) is 15.6. The van der Waals surface area contributed by atoms with Gasteiger partial charge >= 0.3 is 5.97 Å². The van der Waals surface area contributed by atoms with Gasteiger partial charge in [0.05, 0.1) is 0 Å². The fraction of sp³-hybridized carbons (Fsp3) is 0.333. The van der Waals surface area contributed by atoms with Crippen molar-refractivity contribution in [2.75, 3.05) is 6.61 Å². The Hall–Kier alpha value is -2.82. The first kappa shape index (κ1) is 19.5. The van der Waals surface area contributed by atoms with E-state index >= 15 is 0 Å². The molecule has 2 aromatic rings. The lowest BCUT2D eigenvalue weighted by Gasteiger charge is -2.20. The second kappa shape index (κ2) is 8.52. The van der Waals surface area contributed by atoms with Gasteiger partial charge in [-0.2, -0.15) is 0 Å². The van der Waals surface area contributed by atoms with Crippen LogP contribution < -0.4 is 9.47 Å². The topological polar surface area (TPSA) is 61.8 Å². The van der Waals surface area contributed by atoms with Crippen molar-refractivity contribution in [3.63, 3.8) is 0 Å². The molecule has 0 aliphatic carbocycles. The Morgan fingerprint density at radius 2 is 1.62 bits per heavy atom. The van der Waals surface area contributed by atoms with Gasteiger partial charge in [0.1, 0.15) is 12.2 Å². The van der Waals surface area contributed by atoms with E-state index in [4.69, 9.17) is 14.2 Å². The number of ketones is 1. The van der Waals surface area contributed by atoms with Gasteiger partial charge in [-0.1, -0.05) is 30.3 Å². The van der Waals surface area contributed by atoms with Gasteiger partial charge in [-0.3, -0.25) is 4.79 Å². The van der Waals surface area contributed by atoms with Crippen LogP contribution in [0.2, 0.25) is 0 Å². The van der Waals surface area contributed by atoms with E-state index in [2.05, 4.69) is 0 Å². The standard InChI is InChI=1S/C21H24O5/c1-15(22)17-10-11-18(24-13-16-8-6-5-7-9-16)19(12-17)25-14-20(23)26-21(2,3)4/h5-12H,13-14H2,1-4H3. The maximum Gasteiger partial charge on any atom is 0.344 e. The van der Waals surface area contributed by atoms with Crippen LogP contribution in [0.4, 0.5) is 0 Å². The molecule has 2 aromatic carbocycles. The molecule has 0 saturated carbocycles. The number of hydrogen-bond donors (Lipinski definition) is 0. The monoisotopic (exact) mass is 356 g/mol. The second-order valence-corrected chi connectivity index (χ2v) is 6.87. The SMILES string of the molecule is CC(=O)c1ccc(OCc2ccccc2)c(OCC(=O)OC(C)(C)C)c1. The molecule has 26 heavy (non-hydrogen) atoms. The molecule has 5 nitrogen and oxygen atoms in total. The molecule has 0 aromatic heterocycles. The highest BCUT2D eigenvalue weighted by Crippen LogP contribution is 2.29. The Balaban J connectivity index is 2.11. The molecule has 0 spiro atoms. The molecule has 0 atom stereocenters. The van der Waals surface area contributed by atoms with Gasteiger partial charge in [0.25, 0.3) is 0 Å². The molecular formula is C21H24O5. The Bertz CT molecular complexity index is 760. The maximum atomic E-state index is 11.9. The Labute approximate surface area is 153 Å².